The van der Waals surface area contributed by atoms with E-state index in [-0.39, 0.29) is 0 Å². The highest BCUT2D eigenvalue weighted by Crippen LogP contribution is 2.39. The number of thioether (sulfide) groups is 1. The molecule has 112 valence electrons. The molecule has 2 unspecified atom stereocenters. The number of hydrogen-bond donors (Lipinski definition) is 0. The van der Waals surface area contributed by atoms with Crippen LogP contribution in [0.5, 0.6) is 0 Å². The summed E-state index contributed by atoms with van der Waals surface area (Å²) in [4.78, 5) is 0.762. The van der Waals surface area contributed by atoms with Crippen LogP contribution in [0.2, 0.25) is 37.8 Å². The van der Waals surface area contributed by atoms with Gasteiger partial charge in [-0.25, -0.2) is 0 Å². The van der Waals surface area contributed by atoms with Gasteiger partial charge in [-0.15, -0.1) is 0 Å². The van der Waals surface area contributed by atoms with Crippen LogP contribution in [0.15, 0.2) is 11.5 Å². The molecule has 1 aliphatic heterocycles. The van der Waals surface area contributed by atoms with Gasteiger partial charge in [-0.1, -0.05) is 58.5 Å². The molecular weight excluding hydrogens is 284 g/mol. The first-order valence-electron chi connectivity index (χ1n) is 7.74. The van der Waals surface area contributed by atoms with Crippen molar-refractivity contribution in [2.24, 2.45) is 0 Å². The molecule has 0 fully saturated rings. The molecule has 1 aliphatic rings. The smallest absolute Gasteiger partial charge is 0.122 e. The molecule has 19 heavy (non-hydrogen) atoms. The van der Waals surface area contributed by atoms with E-state index in [2.05, 4.69) is 64.5 Å². The fourth-order valence-corrected chi connectivity index (χ4v) is 12.2. The molecule has 0 aliphatic carbocycles. The highest BCUT2D eigenvalue weighted by molar-refractivity contribution is 8.01. The molecule has 1 nitrogen and oxygen atoms in total. The fraction of sp³-hybridized carbons (Fsp3) is 0.867. The maximum absolute atomic E-state index is 6.43. The first-order valence-corrected chi connectivity index (χ1v) is 15.2. The molecule has 0 spiro atoms. The molecule has 4 heteroatoms. The summed E-state index contributed by atoms with van der Waals surface area (Å²) in [7, 11) is -2.45. The van der Waals surface area contributed by atoms with Crippen LogP contribution in [0, 0.1) is 0 Å². The van der Waals surface area contributed by atoms with E-state index in [1.165, 1.54) is 23.5 Å². The standard InChI is InChI=1S/C15H32OSSi2/c1-8-19(9-2,10-3)15(17-4)13-11-12-14(16-13)18(5,6)7/h12-13,15H,8-11H2,1-7H3. The summed E-state index contributed by atoms with van der Waals surface area (Å²) < 4.78 is 6.43. The Kier molecular flexibility index (Phi) is 6.27. The lowest BCUT2D eigenvalue weighted by Gasteiger charge is -2.39. The average Bonchev–Trinajstić information content (AvgIpc) is 2.85. The van der Waals surface area contributed by atoms with Crippen LogP contribution in [-0.4, -0.2) is 33.4 Å². The van der Waals surface area contributed by atoms with Gasteiger partial charge in [-0.2, -0.15) is 11.8 Å². The molecule has 0 bridgehead atoms. The van der Waals surface area contributed by atoms with Gasteiger partial charge in [0.15, 0.2) is 0 Å². The monoisotopic (exact) mass is 316 g/mol. The lowest BCUT2D eigenvalue weighted by Crippen LogP contribution is -2.50. The van der Waals surface area contributed by atoms with Crippen molar-refractivity contribution < 1.29 is 4.74 Å². The number of ether oxygens (including phenoxy) is 1. The summed E-state index contributed by atoms with van der Waals surface area (Å²) in [5.74, 6) is 0. The molecule has 0 amide bonds. The topological polar surface area (TPSA) is 9.23 Å². The van der Waals surface area contributed by atoms with Crippen molar-refractivity contribution in [1.82, 2.24) is 0 Å². The Bertz CT molecular complexity index is 310. The molecule has 0 saturated heterocycles. The van der Waals surface area contributed by atoms with Gasteiger partial charge in [0.1, 0.15) is 14.2 Å². The summed E-state index contributed by atoms with van der Waals surface area (Å²) in [5, 5.41) is 1.35. The van der Waals surface area contributed by atoms with Crippen molar-refractivity contribution in [1.29, 1.82) is 0 Å². The third kappa shape index (κ3) is 3.70. The molecule has 0 N–H and O–H groups in total. The average molecular weight is 317 g/mol. The molecule has 0 aromatic rings. The number of rotatable bonds is 7. The minimum Gasteiger partial charge on any atom is -0.499 e. The number of hydrogen-bond acceptors (Lipinski definition) is 2. The predicted molar refractivity (Wildman–Crippen MR) is 95.4 cm³/mol. The SMILES string of the molecule is CC[Si](CC)(CC)C(SC)C1CC=C([Si](C)(C)C)O1. The van der Waals surface area contributed by atoms with E-state index in [0.29, 0.717) is 6.10 Å². The molecular formula is C15H32OSSi2. The van der Waals surface area contributed by atoms with Gasteiger partial charge in [0.2, 0.25) is 0 Å². The summed E-state index contributed by atoms with van der Waals surface area (Å²) in [5.41, 5.74) is 0. The molecule has 0 aromatic carbocycles. The van der Waals surface area contributed by atoms with Crippen molar-refractivity contribution in [3.63, 3.8) is 0 Å². The van der Waals surface area contributed by atoms with Crippen LogP contribution in [0.4, 0.5) is 0 Å². The van der Waals surface area contributed by atoms with Crippen LogP contribution in [0.3, 0.4) is 0 Å². The summed E-state index contributed by atoms with van der Waals surface area (Å²) in [6, 6.07) is 4.19. The second-order valence-electron chi connectivity index (χ2n) is 6.79. The fourth-order valence-electron chi connectivity index (χ4n) is 3.30. The van der Waals surface area contributed by atoms with E-state index < -0.39 is 16.1 Å². The van der Waals surface area contributed by atoms with Crippen molar-refractivity contribution in [3.05, 3.63) is 11.5 Å². The Morgan fingerprint density at radius 3 is 2.05 bits per heavy atom. The summed E-state index contributed by atoms with van der Waals surface area (Å²) in [6.45, 7) is 14.4. The minimum atomic E-state index is -1.27. The van der Waals surface area contributed by atoms with E-state index in [1.807, 2.05) is 0 Å². The van der Waals surface area contributed by atoms with Gasteiger partial charge in [-0.05, 0) is 12.3 Å². The zero-order chi connectivity index (χ0) is 14.7. The predicted octanol–water partition coefficient (Wildman–Crippen LogP) is 5.32. The molecule has 1 heterocycles. The van der Waals surface area contributed by atoms with E-state index >= 15 is 0 Å². The van der Waals surface area contributed by atoms with Gasteiger partial charge in [0.25, 0.3) is 0 Å². The van der Waals surface area contributed by atoms with E-state index in [0.717, 1.165) is 11.3 Å². The third-order valence-electron chi connectivity index (χ3n) is 4.86. The summed E-state index contributed by atoms with van der Waals surface area (Å²) in [6.07, 6.45) is 6.31. The van der Waals surface area contributed by atoms with Gasteiger partial charge >= 0.3 is 0 Å². The van der Waals surface area contributed by atoms with Gasteiger partial charge < -0.3 is 4.74 Å². The van der Waals surface area contributed by atoms with E-state index in [4.69, 9.17) is 4.74 Å². The van der Waals surface area contributed by atoms with Crippen LogP contribution >= 0.6 is 11.8 Å². The van der Waals surface area contributed by atoms with Gasteiger partial charge in [-0.3, -0.25) is 0 Å². The Labute approximate surface area is 126 Å². The maximum Gasteiger partial charge on any atom is 0.122 e. The first-order chi connectivity index (χ1) is 8.84. The Hall–Kier alpha value is 0.324. The second kappa shape index (κ2) is 6.85. The van der Waals surface area contributed by atoms with Crippen LogP contribution in [-0.2, 0) is 4.74 Å². The van der Waals surface area contributed by atoms with Gasteiger partial charge in [0, 0.05) is 11.3 Å². The highest BCUT2D eigenvalue weighted by atomic mass is 32.2. The van der Waals surface area contributed by atoms with Gasteiger partial charge in [0.05, 0.1) is 13.5 Å². The van der Waals surface area contributed by atoms with Crippen LogP contribution in [0.1, 0.15) is 27.2 Å². The molecule has 0 saturated carbocycles. The van der Waals surface area contributed by atoms with E-state index in [9.17, 15) is 0 Å². The van der Waals surface area contributed by atoms with Crippen molar-refractivity contribution in [2.75, 3.05) is 6.26 Å². The van der Waals surface area contributed by atoms with Crippen molar-refractivity contribution >= 4 is 27.9 Å². The molecule has 0 aromatic heterocycles. The third-order valence-corrected chi connectivity index (χ3v) is 15.5. The molecule has 1 rings (SSSR count). The Morgan fingerprint density at radius 2 is 1.74 bits per heavy atom. The molecule has 2 atom stereocenters. The van der Waals surface area contributed by atoms with Crippen LogP contribution in [0.25, 0.3) is 0 Å². The first kappa shape index (κ1) is 17.4. The lowest BCUT2D eigenvalue weighted by molar-refractivity contribution is 0.168. The Balaban J connectivity index is 2.85. The second-order valence-corrected chi connectivity index (χ2v) is 18.6. The minimum absolute atomic E-state index is 0.461. The quantitative estimate of drug-likeness (QED) is 0.588. The largest absolute Gasteiger partial charge is 0.499 e. The van der Waals surface area contributed by atoms with Crippen LogP contribution < -0.4 is 0 Å². The van der Waals surface area contributed by atoms with Crippen molar-refractivity contribution in [3.8, 4) is 0 Å². The maximum atomic E-state index is 6.43. The lowest BCUT2D eigenvalue weighted by atomic mass is 10.3. The molecule has 0 radical (unpaired) electrons. The Morgan fingerprint density at radius 1 is 1.21 bits per heavy atom. The normalized spacial score (nSPS) is 22.1. The van der Waals surface area contributed by atoms with Crippen molar-refractivity contribution in [2.45, 2.75) is 75.9 Å². The summed E-state index contributed by atoms with van der Waals surface area (Å²) >= 11 is 2.08. The zero-order valence-electron chi connectivity index (χ0n) is 13.9. The zero-order valence-corrected chi connectivity index (χ0v) is 16.7. The van der Waals surface area contributed by atoms with E-state index in [1.54, 1.807) is 0 Å². The highest BCUT2D eigenvalue weighted by Gasteiger charge is 2.43.